The van der Waals surface area contributed by atoms with Crippen LogP contribution in [0.15, 0.2) is 92.6 Å². The smallest absolute Gasteiger partial charge is 0.313 e. The van der Waals surface area contributed by atoms with Gasteiger partial charge < -0.3 is 5.11 Å². The molecule has 0 unspecified atom stereocenters. The summed E-state index contributed by atoms with van der Waals surface area (Å²) >= 11 is 9.24. The number of fused-ring (bicyclic) bond motifs is 2. The molecule has 0 spiro atoms. The lowest BCUT2D eigenvalue weighted by atomic mass is 10.0. The Kier molecular flexibility index (Phi) is 11.6. The van der Waals surface area contributed by atoms with Crippen molar-refractivity contribution in [2.24, 2.45) is 0 Å². The zero-order valence-corrected chi connectivity index (χ0v) is 30.0. The van der Waals surface area contributed by atoms with Crippen molar-refractivity contribution in [3.63, 3.8) is 0 Å². The van der Waals surface area contributed by atoms with Gasteiger partial charge in [-0.3, -0.25) is 18.7 Å². The Bertz CT molecular complexity index is 2240. The number of carboxylic acid groups (broad SMARTS) is 1. The molecule has 0 saturated heterocycles. The average molecular weight is 805 g/mol. The number of Topliss-reactive ketones (excluding diaryl/α,β-unsaturated/α-hetero) is 1. The molecule has 0 atom stereocenters. The van der Waals surface area contributed by atoms with E-state index in [4.69, 9.17) is 5.11 Å². The van der Waals surface area contributed by atoms with Crippen LogP contribution in [-0.2, 0) is 9.59 Å². The van der Waals surface area contributed by atoms with Crippen molar-refractivity contribution in [3.8, 4) is 23.5 Å². The first-order valence-corrected chi connectivity index (χ1v) is 17.9. The summed E-state index contributed by atoms with van der Waals surface area (Å²) in [4.78, 5) is 22.6. The molecule has 0 saturated carbocycles. The maximum atomic E-state index is 11.8. The molecule has 4 aromatic carbocycles. The molecule has 1 N–H and O–H groups in total. The summed E-state index contributed by atoms with van der Waals surface area (Å²) in [5.74, 6) is -0.472. The number of carbonyl (C=O) groups is 2. The Labute approximate surface area is 300 Å². The fourth-order valence-corrected chi connectivity index (χ4v) is 7.49. The van der Waals surface area contributed by atoms with E-state index in [0.717, 1.165) is 51.1 Å². The van der Waals surface area contributed by atoms with E-state index in [2.05, 4.69) is 64.4 Å². The van der Waals surface area contributed by atoms with Gasteiger partial charge in [-0.1, -0.05) is 79.0 Å². The van der Waals surface area contributed by atoms with Crippen molar-refractivity contribution < 1.29 is 14.7 Å². The van der Waals surface area contributed by atoms with Crippen LogP contribution in [0.4, 0.5) is 0 Å². The van der Waals surface area contributed by atoms with Crippen molar-refractivity contribution in [2.45, 2.75) is 30.1 Å². The van der Waals surface area contributed by atoms with Gasteiger partial charge in [-0.05, 0) is 62.5 Å². The van der Waals surface area contributed by atoms with Crippen LogP contribution in [0.25, 0.3) is 32.9 Å². The SMILES string of the molecule is CCCC(=O)CSc1nnc(Br)n1-c1ccc(C#N)c2ccccc12.N#Cc1ccc(-n2c(Br)nnc2SCC(=O)O)c2ccccc12. The number of nitrogens with zero attached hydrogens (tertiary/aromatic N) is 8. The minimum absolute atomic E-state index is 0.112. The number of hydrogen-bond donors (Lipinski definition) is 1. The van der Waals surface area contributed by atoms with E-state index in [-0.39, 0.29) is 11.5 Å². The first-order chi connectivity index (χ1) is 23.3. The highest BCUT2D eigenvalue weighted by molar-refractivity contribution is 9.10. The van der Waals surface area contributed by atoms with Crippen molar-refractivity contribution in [1.29, 1.82) is 10.5 Å². The molecule has 6 aromatic rings. The average Bonchev–Trinajstić information content (AvgIpc) is 3.66. The Morgan fingerprint density at radius 3 is 1.56 bits per heavy atom. The van der Waals surface area contributed by atoms with Crippen LogP contribution in [0.5, 0.6) is 0 Å². The molecule has 0 aliphatic heterocycles. The van der Waals surface area contributed by atoms with Crippen molar-refractivity contribution in [2.75, 3.05) is 11.5 Å². The molecule has 0 aliphatic carbocycles. The van der Waals surface area contributed by atoms with Crippen LogP contribution in [0, 0.1) is 22.7 Å². The fourth-order valence-electron chi connectivity index (χ4n) is 4.87. The molecule has 2 heterocycles. The Morgan fingerprint density at radius 2 is 1.15 bits per heavy atom. The normalized spacial score (nSPS) is 10.7. The highest BCUT2D eigenvalue weighted by Crippen LogP contribution is 2.33. The van der Waals surface area contributed by atoms with E-state index in [9.17, 15) is 20.1 Å². The van der Waals surface area contributed by atoms with E-state index < -0.39 is 5.97 Å². The maximum absolute atomic E-state index is 11.8. The lowest BCUT2D eigenvalue weighted by Gasteiger charge is -2.11. The van der Waals surface area contributed by atoms with Crippen molar-refractivity contribution in [1.82, 2.24) is 29.5 Å². The van der Waals surface area contributed by atoms with Crippen LogP contribution in [0.1, 0.15) is 30.9 Å². The third kappa shape index (κ3) is 7.61. The number of nitriles is 2. The van der Waals surface area contributed by atoms with Crippen LogP contribution in [-0.4, -0.2) is 57.9 Å². The topological polar surface area (TPSA) is 163 Å². The molecule has 11 nitrogen and oxygen atoms in total. The highest BCUT2D eigenvalue weighted by atomic mass is 79.9. The van der Waals surface area contributed by atoms with Gasteiger partial charge in [0.25, 0.3) is 0 Å². The number of rotatable bonds is 10. The predicted octanol–water partition coefficient (Wildman–Crippen LogP) is 7.75. The third-order valence-corrected chi connectivity index (χ3v) is 9.86. The van der Waals surface area contributed by atoms with E-state index in [1.807, 2.05) is 66.1 Å². The van der Waals surface area contributed by atoms with E-state index in [1.54, 1.807) is 22.8 Å². The van der Waals surface area contributed by atoms with Gasteiger partial charge >= 0.3 is 5.97 Å². The lowest BCUT2D eigenvalue weighted by Crippen LogP contribution is -2.04. The van der Waals surface area contributed by atoms with Crippen molar-refractivity contribution in [3.05, 3.63) is 93.4 Å². The summed E-state index contributed by atoms with van der Waals surface area (Å²) in [6.45, 7) is 1.99. The van der Waals surface area contributed by atoms with Crippen LogP contribution >= 0.6 is 55.4 Å². The molecular formula is C33H24Br2N8O3S2. The predicted molar refractivity (Wildman–Crippen MR) is 192 cm³/mol. The number of aromatic nitrogens is 6. The van der Waals surface area contributed by atoms with Gasteiger partial charge in [-0.15, -0.1) is 20.4 Å². The molecule has 0 aliphatic rings. The van der Waals surface area contributed by atoms with Gasteiger partial charge in [0.15, 0.2) is 10.3 Å². The summed E-state index contributed by atoms with van der Waals surface area (Å²) in [5, 5.41) is 48.3. The number of halogens is 2. The summed E-state index contributed by atoms with van der Waals surface area (Å²) in [6.07, 6.45) is 1.41. The third-order valence-electron chi connectivity index (χ3n) is 6.93. The van der Waals surface area contributed by atoms with Crippen LogP contribution < -0.4 is 0 Å². The van der Waals surface area contributed by atoms with E-state index in [0.29, 0.717) is 43.1 Å². The van der Waals surface area contributed by atoms with Gasteiger partial charge in [0.1, 0.15) is 5.78 Å². The molecule has 240 valence electrons. The standard InChI is InChI=1S/C18H15BrN4OS.C15H9BrN4O2S/c1-2-5-13(24)11-25-18-22-21-17(19)23(18)16-9-8-12(10-20)14-6-3-4-7-15(14)16;16-14-18-19-15(23-8-13(21)22)20(14)12-6-5-9(7-17)10-3-1-2-4-11(10)12/h3-4,6-9H,2,5,11H2,1H3;1-6H,8H2,(H,21,22). The van der Waals surface area contributed by atoms with Crippen molar-refractivity contribution >= 4 is 88.7 Å². The highest BCUT2D eigenvalue weighted by Gasteiger charge is 2.18. The molecule has 6 rings (SSSR count). The largest absolute Gasteiger partial charge is 0.481 e. The van der Waals surface area contributed by atoms with E-state index in [1.165, 1.54) is 11.8 Å². The molecule has 0 fully saturated rings. The van der Waals surface area contributed by atoms with E-state index >= 15 is 0 Å². The number of benzene rings is 4. The molecule has 48 heavy (non-hydrogen) atoms. The summed E-state index contributed by atoms with van der Waals surface area (Å²) in [5.41, 5.74) is 2.85. The van der Waals surface area contributed by atoms with Gasteiger partial charge in [-0.2, -0.15) is 10.5 Å². The van der Waals surface area contributed by atoms with Gasteiger partial charge in [0, 0.05) is 28.0 Å². The van der Waals surface area contributed by atoms with Crippen LogP contribution in [0.2, 0.25) is 0 Å². The number of aliphatic carboxylic acids is 1. The Hall–Kier alpha value is -4.54. The first kappa shape index (κ1) is 34.8. The Balaban J connectivity index is 0.000000188. The molecule has 0 bridgehead atoms. The maximum Gasteiger partial charge on any atom is 0.313 e. The molecule has 2 aromatic heterocycles. The van der Waals surface area contributed by atoms with Crippen LogP contribution in [0.3, 0.4) is 0 Å². The number of carbonyl (C=O) groups excluding carboxylic acids is 1. The summed E-state index contributed by atoms with van der Waals surface area (Å²) in [7, 11) is 0. The second kappa shape index (κ2) is 16.0. The second-order valence-corrected chi connectivity index (χ2v) is 13.3. The fraction of sp³-hybridized carbons (Fsp3) is 0.152. The molecule has 0 amide bonds. The first-order valence-electron chi connectivity index (χ1n) is 14.3. The summed E-state index contributed by atoms with van der Waals surface area (Å²) < 4.78 is 4.64. The Morgan fingerprint density at radius 1 is 0.708 bits per heavy atom. The number of thioether (sulfide) groups is 2. The number of ketones is 1. The molecular weight excluding hydrogens is 780 g/mol. The molecule has 15 heteroatoms. The van der Waals surface area contributed by atoms with Gasteiger partial charge in [-0.25, -0.2) is 0 Å². The quantitative estimate of drug-likeness (QED) is 0.135. The lowest BCUT2D eigenvalue weighted by molar-refractivity contribution is -0.133. The monoisotopic (exact) mass is 802 g/mol. The zero-order chi connectivity index (χ0) is 34.2. The van der Waals surface area contributed by atoms with Gasteiger partial charge in [0.2, 0.25) is 9.47 Å². The summed E-state index contributed by atoms with van der Waals surface area (Å²) in [6, 6.07) is 26.9. The zero-order valence-electron chi connectivity index (χ0n) is 25.2. The second-order valence-electron chi connectivity index (χ2n) is 10.0. The number of carboxylic acids is 1. The van der Waals surface area contributed by atoms with Gasteiger partial charge in [0.05, 0.1) is 46.1 Å². The minimum Gasteiger partial charge on any atom is -0.481 e. The molecule has 0 radical (unpaired) electrons. The minimum atomic E-state index is -0.926. The number of hydrogen-bond acceptors (Lipinski definition) is 10.